The molecule has 1 saturated heterocycles. The molecule has 0 radical (unpaired) electrons. The molecule has 1 unspecified atom stereocenters. The van der Waals surface area contributed by atoms with Crippen molar-refractivity contribution in [2.45, 2.75) is 38.8 Å². The van der Waals surface area contributed by atoms with E-state index >= 15 is 0 Å². The average molecular weight is 476 g/mol. The van der Waals surface area contributed by atoms with E-state index in [0.29, 0.717) is 13.1 Å². The highest BCUT2D eigenvalue weighted by Crippen LogP contribution is 2.32. The minimum atomic E-state index is -0.506. The number of hydrogen-bond donors (Lipinski definition) is 2. The lowest BCUT2D eigenvalue weighted by molar-refractivity contribution is 0.0293. The van der Waals surface area contributed by atoms with E-state index in [-0.39, 0.29) is 12.1 Å². The molecular formula is C25H29N7O3. The summed E-state index contributed by atoms with van der Waals surface area (Å²) in [7, 11) is 1.64. The van der Waals surface area contributed by atoms with Gasteiger partial charge >= 0.3 is 6.09 Å². The summed E-state index contributed by atoms with van der Waals surface area (Å²) in [5, 5.41) is 10.4. The van der Waals surface area contributed by atoms with Crippen LogP contribution in [0.1, 0.15) is 27.2 Å². The molecular weight excluding hydrogens is 446 g/mol. The van der Waals surface area contributed by atoms with E-state index in [4.69, 9.17) is 14.5 Å². The second kappa shape index (κ2) is 8.94. The first-order valence-electron chi connectivity index (χ1n) is 11.6. The Labute approximate surface area is 203 Å². The van der Waals surface area contributed by atoms with E-state index in [2.05, 4.69) is 20.5 Å². The fourth-order valence-corrected chi connectivity index (χ4v) is 4.22. The number of anilines is 1. The van der Waals surface area contributed by atoms with Crippen molar-refractivity contribution in [1.82, 2.24) is 29.5 Å². The van der Waals surface area contributed by atoms with Crippen molar-refractivity contribution in [3.63, 3.8) is 0 Å². The van der Waals surface area contributed by atoms with Gasteiger partial charge in [-0.2, -0.15) is 5.10 Å². The second-order valence-electron chi connectivity index (χ2n) is 9.58. The third kappa shape index (κ3) is 4.77. The fourth-order valence-electron chi connectivity index (χ4n) is 4.22. The zero-order valence-electron chi connectivity index (χ0n) is 20.3. The zero-order valence-corrected chi connectivity index (χ0v) is 20.3. The van der Waals surface area contributed by atoms with Crippen LogP contribution < -0.4 is 10.1 Å². The van der Waals surface area contributed by atoms with Crippen molar-refractivity contribution in [2.24, 2.45) is 0 Å². The van der Waals surface area contributed by atoms with E-state index in [9.17, 15) is 4.79 Å². The van der Waals surface area contributed by atoms with Gasteiger partial charge in [0.1, 0.15) is 22.8 Å². The van der Waals surface area contributed by atoms with Crippen LogP contribution in [0.3, 0.4) is 0 Å². The van der Waals surface area contributed by atoms with Crippen LogP contribution in [-0.4, -0.2) is 67.4 Å². The zero-order chi connectivity index (χ0) is 24.6. The fraction of sp³-hybridized carbons (Fsp3) is 0.360. The number of carbonyl (C=O) groups excluding carboxylic acids is 1. The maximum atomic E-state index is 12.4. The molecule has 1 amide bonds. The normalized spacial score (nSPS) is 16.0. The predicted molar refractivity (Wildman–Crippen MR) is 132 cm³/mol. The van der Waals surface area contributed by atoms with Crippen LogP contribution in [0.2, 0.25) is 0 Å². The number of methoxy groups -OCH3 is 1. The van der Waals surface area contributed by atoms with Crippen LogP contribution in [0, 0.1) is 0 Å². The number of imidazole rings is 1. The number of aromatic nitrogens is 5. The summed E-state index contributed by atoms with van der Waals surface area (Å²) in [6.07, 6.45) is 7.92. The second-order valence-corrected chi connectivity index (χ2v) is 9.58. The minimum absolute atomic E-state index is 0.101. The molecule has 1 atom stereocenters. The summed E-state index contributed by atoms with van der Waals surface area (Å²) in [5.41, 5.74) is 3.71. The van der Waals surface area contributed by atoms with Gasteiger partial charge < -0.3 is 19.7 Å². The van der Waals surface area contributed by atoms with Gasteiger partial charge in [0.25, 0.3) is 0 Å². The van der Waals surface area contributed by atoms with Crippen molar-refractivity contribution in [2.75, 3.05) is 25.5 Å². The lowest BCUT2D eigenvalue weighted by atomic mass is 10.1. The Morgan fingerprint density at radius 2 is 2.11 bits per heavy atom. The van der Waals surface area contributed by atoms with Gasteiger partial charge in [0.15, 0.2) is 0 Å². The number of ether oxygens (including phenoxy) is 2. The molecule has 0 bridgehead atoms. The summed E-state index contributed by atoms with van der Waals surface area (Å²) in [6, 6.07) is 7.85. The molecule has 35 heavy (non-hydrogen) atoms. The number of amides is 1. The maximum Gasteiger partial charge on any atom is 0.410 e. The molecule has 2 N–H and O–H groups in total. The van der Waals surface area contributed by atoms with E-state index in [1.165, 1.54) is 0 Å². The van der Waals surface area contributed by atoms with Gasteiger partial charge in [0, 0.05) is 48.7 Å². The summed E-state index contributed by atoms with van der Waals surface area (Å²) in [4.78, 5) is 23.5. The number of likely N-dealkylation sites (tertiary alicyclic amines) is 1. The molecule has 5 rings (SSSR count). The van der Waals surface area contributed by atoms with Crippen molar-refractivity contribution in [1.29, 1.82) is 0 Å². The van der Waals surface area contributed by atoms with Gasteiger partial charge in [-0.3, -0.25) is 9.50 Å². The minimum Gasteiger partial charge on any atom is -0.496 e. The van der Waals surface area contributed by atoms with Crippen LogP contribution in [0.4, 0.5) is 10.6 Å². The number of rotatable bonds is 5. The average Bonchev–Trinajstić information content (AvgIpc) is 3.58. The molecule has 0 aromatic carbocycles. The molecule has 182 valence electrons. The number of fused-ring (bicyclic) bond motifs is 1. The van der Waals surface area contributed by atoms with Crippen LogP contribution in [-0.2, 0) is 4.74 Å². The van der Waals surface area contributed by atoms with Crippen LogP contribution >= 0.6 is 0 Å². The van der Waals surface area contributed by atoms with E-state index in [1.54, 1.807) is 24.4 Å². The summed E-state index contributed by atoms with van der Waals surface area (Å²) in [5.74, 6) is 1.47. The Morgan fingerprint density at radius 3 is 2.86 bits per heavy atom. The number of aromatic amines is 1. The standard InChI is InChI=1S/C25H29N7O3/c1-25(2,3)35-24(33)31-9-8-17(14-31)29-22-7-5-6-19(30-22)20-13-26-23-10-21(34-4)18(15-32(20)23)16-11-27-28-12-16/h5-7,10-13,15,17H,8-9,14H2,1-4H3,(H,27,28)(H,29,30). The third-order valence-electron chi connectivity index (χ3n) is 5.84. The highest BCUT2D eigenvalue weighted by Gasteiger charge is 2.30. The number of nitrogens with one attached hydrogen (secondary N) is 2. The van der Waals surface area contributed by atoms with E-state index in [0.717, 1.165) is 46.2 Å². The molecule has 1 aliphatic heterocycles. The lowest BCUT2D eigenvalue weighted by Crippen LogP contribution is -2.36. The molecule has 1 fully saturated rings. The number of pyridine rings is 2. The van der Waals surface area contributed by atoms with Crippen LogP contribution in [0.5, 0.6) is 5.75 Å². The first-order valence-corrected chi connectivity index (χ1v) is 11.6. The molecule has 5 heterocycles. The summed E-state index contributed by atoms with van der Waals surface area (Å²) >= 11 is 0. The highest BCUT2D eigenvalue weighted by molar-refractivity contribution is 5.74. The van der Waals surface area contributed by atoms with E-state index in [1.807, 2.05) is 61.8 Å². The Hall–Kier alpha value is -4.08. The van der Waals surface area contributed by atoms with Crippen LogP contribution in [0.25, 0.3) is 28.2 Å². The summed E-state index contributed by atoms with van der Waals surface area (Å²) < 4.78 is 13.1. The molecule has 4 aromatic heterocycles. The third-order valence-corrected chi connectivity index (χ3v) is 5.84. The number of hydrogen-bond acceptors (Lipinski definition) is 7. The smallest absolute Gasteiger partial charge is 0.410 e. The summed E-state index contributed by atoms with van der Waals surface area (Å²) in [6.45, 7) is 6.85. The van der Waals surface area contributed by atoms with Gasteiger partial charge in [0.05, 0.1) is 30.9 Å². The Morgan fingerprint density at radius 1 is 1.26 bits per heavy atom. The van der Waals surface area contributed by atoms with E-state index < -0.39 is 5.60 Å². The van der Waals surface area contributed by atoms with Gasteiger partial charge in [-0.05, 0) is 39.3 Å². The maximum absolute atomic E-state index is 12.4. The van der Waals surface area contributed by atoms with Gasteiger partial charge in [-0.15, -0.1) is 0 Å². The topological polar surface area (TPSA) is 110 Å². The SMILES string of the molecule is COc1cc2ncc(-c3cccc(NC4CCN(C(=O)OC(C)(C)C)C4)n3)n2cc1-c1cn[nH]c1. The molecule has 10 heteroatoms. The lowest BCUT2D eigenvalue weighted by Gasteiger charge is -2.24. The number of nitrogens with zero attached hydrogens (tertiary/aromatic N) is 5. The Balaban J connectivity index is 1.37. The highest BCUT2D eigenvalue weighted by atomic mass is 16.6. The first kappa shape index (κ1) is 22.7. The van der Waals surface area contributed by atoms with Crippen molar-refractivity contribution in [3.8, 4) is 28.3 Å². The molecule has 1 aliphatic rings. The van der Waals surface area contributed by atoms with Gasteiger partial charge in [0.2, 0.25) is 0 Å². The Kier molecular flexibility index (Phi) is 5.80. The molecule has 10 nitrogen and oxygen atoms in total. The molecule has 4 aromatic rings. The Bertz CT molecular complexity index is 1340. The van der Waals surface area contributed by atoms with Crippen molar-refractivity contribution >= 4 is 17.6 Å². The van der Waals surface area contributed by atoms with Gasteiger partial charge in [-0.1, -0.05) is 6.07 Å². The molecule has 0 aliphatic carbocycles. The van der Waals surface area contributed by atoms with Crippen LogP contribution in [0.15, 0.2) is 49.1 Å². The van der Waals surface area contributed by atoms with Crippen molar-refractivity contribution < 1.29 is 14.3 Å². The number of H-pyrrole nitrogens is 1. The molecule has 0 saturated carbocycles. The number of carbonyl (C=O) groups is 1. The predicted octanol–water partition coefficient (Wildman–Crippen LogP) is 4.22. The van der Waals surface area contributed by atoms with Crippen molar-refractivity contribution in [3.05, 3.63) is 49.1 Å². The molecule has 0 spiro atoms. The quantitative estimate of drug-likeness (QED) is 0.445. The largest absolute Gasteiger partial charge is 0.496 e. The van der Waals surface area contributed by atoms with Gasteiger partial charge in [-0.25, -0.2) is 14.8 Å². The first-order chi connectivity index (χ1) is 16.8. The monoisotopic (exact) mass is 475 g/mol.